The molecule has 0 aliphatic carbocycles. The summed E-state index contributed by atoms with van der Waals surface area (Å²) in [6.07, 6.45) is 2.12. The van der Waals surface area contributed by atoms with Crippen LogP contribution in [-0.4, -0.2) is 77.0 Å². The Balaban J connectivity index is 0.977. The summed E-state index contributed by atoms with van der Waals surface area (Å²) in [5, 5.41) is 23.5. The molecule has 3 aliphatic heterocycles. The van der Waals surface area contributed by atoms with Gasteiger partial charge in [0, 0.05) is 18.8 Å². The van der Waals surface area contributed by atoms with Gasteiger partial charge >= 0.3 is 12.2 Å². The van der Waals surface area contributed by atoms with Crippen molar-refractivity contribution in [1.29, 1.82) is 0 Å². The highest BCUT2D eigenvalue weighted by Crippen LogP contribution is 2.49. The highest BCUT2D eigenvalue weighted by atomic mass is 16.4. The van der Waals surface area contributed by atoms with Crippen molar-refractivity contribution in [2.24, 2.45) is 0 Å². The first-order valence-corrected chi connectivity index (χ1v) is 24.7. The van der Waals surface area contributed by atoms with E-state index in [1.807, 2.05) is 60.7 Å². The molecule has 366 valence electrons. The van der Waals surface area contributed by atoms with E-state index in [0.717, 1.165) is 89.1 Å². The monoisotopic (exact) mass is 955 g/mol. The molecule has 15 nitrogen and oxygen atoms in total. The van der Waals surface area contributed by atoms with Gasteiger partial charge in [0.15, 0.2) is 0 Å². The Morgan fingerprint density at radius 1 is 0.535 bits per heavy atom. The predicted molar refractivity (Wildman–Crippen MR) is 272 cm³/mol. The standard InChI is InChI=1S/C56H61N9O6/c1-54(2,3)36-22-24-39(25-23-36)65-44(34-20-26-40-42(32-34)59-48(57-40)46-18-12-30-63(46)55(4,50(66)61-52(68)69)37-14-8-6-9-15-37)28-29-45(65)35-21-27-41-43(33-35)60-49(58-41)47-19-13-31-64(47)56(5,51(67)62-53(70)71)38-16-10-7-11-17-38/h6-11,14-17,20-27,32-33,44-47H,12-13,18-19,28-31H2,1-5H3,(H,57,59)(H,58,60)(H,61,66)(H,62,67)(H,68,69)(H,70,71)/t44-,45-,46?,47?,55+,56+/m1/s1. The fourth-order valence-corrected chi connectivity index (χ4v) is 11.8. The second-order valence-corrected chi connectivity index (χ2v) is 20.7. The van der Waals surface area contributed by atoms with Crippen LogP contribution >= 0.6 is 0 Å². The fraction of sp³-hybridized carbons (Fsp3) is 0.357. The average Bonchev–Trinajstić information content (AvgIpc) is 4.22. The third kappa shape index (κ3) is 8.60. The van der Waals surface area contributed by atoms with Crippen LogP contribution in [0.15, 0.2) is 121 Å². The van der Waals surface area contributed by atoms with Crippen LogP contribution in [0.4, 0.5) is 15.3 Å². The molecule has 3 aliphatic rings. The van der Waals surface area contributed by atoms with E-state index in [1.165, 1.54) is 5.56 Å². The van der Waals surface area contributed by atoms with Crippen molar-refractivity contribution < 1.29 is 29.4 Å². The van der Waals surface area contributed by atoms with E-state index in [4.69, 9.17) is 9.97 Å². The minimum absolute atomic E-state index is 0.0178. The number of anilines is 1. The van der Waals surface area contributed by atoms with Gasteiger partial charge in [-0.25, -0.2) is 19.6 Å². The zero-order valence-corrected chi connectivity index (χ0v) is 40.8. The number of rotatable bonds is 11. The van der Waals surface area contributed by atoms with E-state index >= 15 is 0 Å². The molecule has 2 unspecified atom stereocenters. The molecule has 10 rings (SSSR count). The van der Waals surface area contributed by atoms with E-state index in [1.54, 1.807) is 13.8 Å². The summed E-state index contributed by atoms with van der Waals surface area (Å²) in [5.74, 6) is 0.264. The van der Waals surface area contributed by atoms with Crippen molar-refractivity contribution in [2.75, 3.05) is 18.0 Å². The Kier molecular flexibility index (Phi) is 12.3. The summed E-state index contributed by atoms with van der Waals surface area (Å²) >= 11 is 0. The molecular formula is C56H61N9O6. The third-order valence-electron chi connectivity index (χ3n) is 15.5. The number of hydrogen-bond acceptors (Lipinski definition) is 9. The second-order valence-electron chi connectivity index (χ2n) is 20.7. The molecule has 5 aromatic carbocycles. The first kappa shape index (κ1) is 47.3. The van der Waals surface area contributed by atoms with E-state index in [2.05, 4.69) is 117 Å². The maximum absolute atomic E-state index is 13.8. The Bertz CT molecular complexity index is 2950. The molecule has 0 bridgehead atoms. The number of likely N-dealkylation sites (tertiary alicyclic amines) is 2. The van der Waals surface area contributed by atoms with Crippen molar-refractivity contribution in [3.63, 3.8) is 0 Å². The normalized spacial score (nSPS) is 21.6. The smallest absolute Gasteiger partial charge is 0.411 e. The summed E-state index contributed by atoms with van der Waals surface area (Å²) in [7, 11) is 0. The van der Waals surface area contributed by atoms with Crippen LogP contribution in [0.1, 0.15) is 137 Å². The van der Waals surface area contributed by atoms with Gasteiger partial charge in [0.05, 0.1) is 46.2 Å². The molecule has 0 radical (unpaired) electrons. The van der Waals surface area contributed by atoms with Crippen LogP contribution in [0.3, 0.4) is 0 Å². The summed E-state index contributed by atoms with van der Waals surface area (Å²) in [6.45, 7) is 11.4. The summed E-state index contributed by atoms with van der Waals surface area (Å²) < 4.78 is 0. The molecule has 6 N–H and O–H groups in total. The zero-order valence-electron chi connectivity index (χ0n) is 40.8. The number of benzene rings is 5. The number of aromatic nitrogens is 4. The number of amides is 4. The van der Waals surface area contributed by atoms with Gasteiger partial charge in [-0.1, -0.05) is 106 Å². The molecule has 71 heavy (non-hydrogen) atoms. The molecule has 0 spiro atoms. The Labute approximate surface area is 412 Å². The molecule has 2 aromatic heterocycles. The van der Waals surface area contributed by atoms with Gasteiger partial charge in [-0.15, -0.1) is 0 Å². The topological polar surface area (TPSA) is 200 Å². The largest absolute Gasteiger partial charge is 0.465 e. The lowest BCUT2D eigenvalue weighted by atomic mass is 9.87. The molecule has 3 fully saturated rings. The van der Waals surface area contributed by atoms with Crippen LogP contribution in [0, 0.1) is 0 Å². The number of nitrogens with zero attached hydrogens (tertiary/aromatic N) is 5. The Morgan fingerprint density at radius 2 is 0.958 bits per heavy atom. The molecule has 7 aromatic rings. The molecule has 3 saturated heterocycles. The number of carbonyl (C=O) groups excluding carboxylic acids is 2. The van der Waals surface area contributed by atoms with Crippen LogP contribution in [-0.2, 0) is 26.1 Å². The number of imidazole rings is 2. The third-order valence-corrected chi connectivity index (χ3v) is 15.5. The van der Waals surface area contributed by atoms with Gasteiger partial charge in [-0.05, 0) is 122 Å². The van der Waals surface area contributed by atoms with Crippen LogP contribution < -0.4 is 15.5 Å². The average molecular weight is 956 g/mol. The molecule has 5 heterocycles. The molecular weight excluding hydrogens is 895 g/mol. The van der Waals surface area contributed by atoms with E-state index in [9.17, 15) is 29.4 Å². The number of fused-ring (bicyclic) bond motifs is 2. The van der Waals surface area contributed by atoms with E-state index < -0.39 is 35.1 Å². The lowest BCUT2D eigenvalue weighted by Gasteiger charge is -2.40. The first-order chi connectivity index (χ1) is 34.0. The molecule has 15 heteroatoms. The highest BCUT2D eigenvalue weighted by Gasteiger charge is 2.49. The minimum atomic E-state index is -1.39. The van der Waals surface area contributed by atoms with Gasteiger partial charge in [0.1, 0.15) is 22.7 Å². The lowest BCUT2D eigenvalue weighted by Crippen LogP contribution is -2.55. The number of nitrogens with one attached hydrogen (secondary N) is 4. The highest BCUT2D eigenvalue weighted by molar-refractivity contribution is 5.98. The van der Waals surface area contributed by atoms with Crippen LogP contribution in [0.25, 0.3) is 22.1 Å². The van der Waals surface area contributed by atoms with Crippen molar-refractivity contribution in [3.05, 3.63) is 161 Å². The predicted octanol–water partition coefficient (Wildman–Crippen LogP) is 10.5. The fourth-order valence-electron chi connectivity index (χ4n) is 11.8. The van der Waals surface area contributed by atoms with Crippen molar-refractivity contribution in [3.8, 4) is 0 Å². The number of imide groups is 2. The number of aromatic amines is 2. The van der Waals surface area contributed by atoms with Gasteiger partial charge < -0.3 is 25.1 Å². The van der Waals surface area contributed by atoms with Crippen molar-refractivity contribution in [2.45, 2.75) is 114 Å². The van der Waals surface area contributed by atoms with Crippen molar-refractivity contribution >= 4 is 51.8 Å². The first-order valence-electron chi connectivity index (χ1n) is 24.7. The minimum Gasteiger partial charge on any atom is -0.465 e. The summed E-state index contributed by atoms with van der Waals surface area (Å²) in [6, 6.07) is 40.1. The Hall–Kier alpha value is -7.36. The number of H-pyrrole nitrogens is 2. The number of carboxylic acid groups (broad SMARTS) is 2. The number of carbonyl (C=O) groups is 4. The van der Waals surface area contributed by atoms with Gasteiger partial charge in [-0.3, -0.25) is 30.0 Å². The molecule has 0 saturated carbocycles. The molecule has 6 atom stereocenters. The number of hydrogen-bond donors (Lipinski definition) is 6. The second kappa shape index (κ2) is 18.4. The maximum Gasteiger partial charge on any atom is 0.411 e. The lowest BCUT2D eigenvalue weighted by molar-refractivity contribution is -0.134. The summed E-state index contributed by atoms with van der Waals surface area (Å²) in [4.78, 5) is 75.4. The van der Waals surface area contributed by atoms with Crippen LogP contribution in [0.2, 0.25) is 0 Å². The van der Waals surface area contributed by atoms with E-state index in [-0.39, 0.29) is 29.6 Å². The SMILES string of the molecule is CC(C)(C)c1ccc(N2[C@@H](c3ccc4nc(C5CCCN5[C@](C)(C(=O)NC(=O)O)c5ccccc5)[nH]c4c3)CC[C@@H]2c2ccc3nc(C4CCCN4[C@](C)(C(=O)NC(=O)O)c4ccccc4)[nH]c3c2)cc1. The van der Waals surface area contributed by atoms with Crippen molar-refractivity contribution in [1.82, 2.24) is 40.4 Å². The molecule has 4 amide bonds. The quantitative estimate of drug-likeness (QED) is 0.0721. The van der Waals surface area contributed by atoms with Gasteiger partial charge in [0.2, 0.25) is 0 Å². The Morgan fingerprint density at radius 3 is 1.35 bits per heavy atom. The van der Waals surface area contributed by atoms with Gasteiger partial charge in [0.25, 0.3) is 11.8 Å². The van der Waals surface area contributed by atoms with Crippen LogP contribution in [0.5, 0.6) is 0 Å². The van der Waals surface area contributed by atoms with E-state index in [0.29, 0.717) is 24.2 Å². The van der Waals surface area contributed by atoms with Gasteiger partial charge in [-0.2, -0.15) is 0 Å². The zero-order chi connectivity index (χ0) is 49.8. The maximum atomic E-state index is 13.8. The summed E-state index contributed by atoms with van der Waals surface area (Å²) in [5.41, 5.74) is 6.93.